The molecule has 0 saturated carbocycles. The molecule has 3 aromatic rings. The van der Waals surface area contributed by atoms with Gasteiger partial charge in [-0.15, -0.1) is 0 Å². The van der Waals surface area contributed by atoms with E-state index in [1.807, 2.05) is 37.3 Å². The molecule has 0 unspecified atom stereocenters. The molecule has 96 valence electrons. The Morgan fingerprint density at radius 2 is 2.00 bits per heavy atom. The van der Waals surface area contributed by atoms with Crippen molar-refractivity contribution in [3.63, 3.8) is 0 Å². The highest BCUT2D eigenvalue weighted by atomic mass is 19.1. The Bertz CT molecular complexity index is 718. The summed E-state index contributed by atoms with van der Waals surface area (Å²) in [6.45, 7) is 2.41. The Labute approximate surface area is 110 Å². The van der Waals surface area contributed by atoms with Crippen molar-refractivity contribution in [1.29, 1.82) is 0 Å². The number of aryl methyl sites for hydroxylation is 1. The van der Waals surface area contributed by atoms with E-state index in [1.54, 1.807) is 12.3 Å². The monoisotopic (exact) mass is 255 g/mol. The average Bonchev–Trinajstić information content (AvgIpc) is 2.81. The fourth-order valence-electron chi connectivity index (χ4n) is 2.12. The molecule has 0 bridgehead atoms. The van der Waals surface area contributed by atoms with E-state index in [0.29, 0.717) is 12.2 Å². The first kappa shape index (κ1) is 11.8. The number of rotatable bonds is 3. The summed E-state index contributed by atoms with van der Waals surface area (Å²) in [5, 5.41) is 4.16. The molecule has 0 atom stereocenters. The Kier molecular flexibility index (Phi) is 2.95. The lowest BCUT2D eigenvalue weighted by molar-refractivity contribution is 0.610. The molecule has 0 fully saturated rings. The van der Waals surface area contributed by atoms with Crippen LogP contribution in [0.3, 0.4) is 0 Å². The molecular formula is C16H14FNO. The first-order chi connectivity index (χ1) is 9.24. The zero-order chi connectivity index (χ0) is 13.2. The van der Waals surface area contributed by atoms with Crippen LogP contribution in [0.25, 0.3) is 11.0 Å². The predicted molar refractivity (Wildman–Crippen MR) is 74.7 cm³/mol. The highest BCUT2D eigenvalue weighted by Crippen LogP contribution is 2.22. The van der Waals surface area contributed by atoms with Gasteiger partial charge in [0.05, 0.1) is 12.0 Å². The Morgan fingerprint density at radius 3 is 2.84 bits per heavy atom. The number of fused-ring (bicyclic) bond motifs is 1. The van der Waals surface area contributed by atoms with Gasteiger partial charge in [-0.3, -0.25) is 0 Å². The zero-order valence-corrected chi connectivity index (χ0v) is 10.6. The lowest BCUT2D eigenvalue weighted by atomic mass is 10.1. The highest BCUT2D eigenvalue weighted by molar-refractivity contribution is 5.81. The smallest absolute Gasteiger partial charge is 0.146 e. The number of benzene rings is 2. The van der Waals surface area contributed by atoms with E-state index in [1.165, 1.54) is 6.07 Å². The van der Waals surface area contributed by atoms with E-state index in [2.05, 4.69) is 5.32 Å². The van der Waals surface area contributed by atoms with Crippen LogP contribution in [0.1, 0.15) is 11.1 Å². The van der Waals surface area contributed by atoms with Crippen LogP contribution in [0.4, 0.5) is 10.1 Å². The minimum absolute atomic E-state index is 0.229. The lowest BCUT2D eigenvalue weighted by Gasteiger charge is -2.07. The standard InChI is InChI=1S/C16H14FNO/c1-11-6-7-15(14(17)8-11)18-9-12-10-19-16-5-3-2-4-13(12)16/h2-8,10,18H,9H2,1H3. The third-order valence-electron chi connectivity index (χ3n) is 3.16. The van der Waals surface area contributed by atoms with Crippen molar-refractivity contribution in [1.82, 2.24) is 0 Å². The van der Waals surface area contributed by atoms with Crippen molar-refractivity contribution in [3.05, 3.63) is 65.7 Å². The number of hydrogen-bond acceptors (Lipinski definition) is 2. The largest absolute Gasteiger partial charge is 0.464 e. The summed E-state index contributed by atoms with van der Waals surface area (Å²) < 4.78 is 19.2. The minimum Gasteiger partial charge on any atom is -0.464 e. The molecular weight excluding hydrogens is 241 g/mol. The van der Waals surface area contributed by atoms with E-state index in [9.17, 15) is 4.39 Å². The fraction of sp³-hybridized carbons (Fsp3) is 0.125. The Hall–Kier alpha value is -2.29. The minimum atomic E-state index is -0.229. The molecule has 1 N–H and O–H groups in total. The van der Waals surface area contributed by atoms with Crippen molar-refractivity contribution in [2.24, 2.45) is 0 Å². The predicted octanol–water partition coefficient (Wildman–Crippen LogP) is 4.49. The fourth-order valence-corrected chi connectivity index (χ4v) is 2.12. The van der Waals surface area contributed by atoms with Gasteiger partial charge in [-0.05, 0) is 30.7 Å². The summed E-state index contributed by atoms with van der Waals surface area (Å²) in [5.74, 6) is -0.229. The molecule has 3 heteroatoms. The molecule has 1 aromatic heterocycles. The molecule has 2 aromatic carbocycles. The molecule has 0 aliphatic rings. The van der Waals surface area contributed by atoms with Crippen LogP contribution >= 0.6 is 0 Å². The number of furan rings is 1. The summed E-state index contributed by atoms with van der Waals surface area (Å²) >= 11 is 0. The van der Waals surface area contributed by atoms with Gasteiger partial charge in [-0.2, -0.15) is 0 Å². The van der Waals surface area contributed by atoms with Crippen molar-refractivity contribution >= 4 is 16.7 Å². The average molecular weight is 255 g/mol. The van der Waals surface area contributed by atoms with E-state index in [4.69, 9.17) is 4.42 Å². The van der Waals surface area contributed by atoms with E-state index in [-0.39, 0.29) is 5.82 Å². The van der Waals surface area contributed by atoms with Crippen molar-refractivity contribution in [2.45, 2.75) is 13.5 Å². The van der Waals surface area contributed by atoms with E-state index in [0.717, 1.165) is 22.1 Å². The van der Waals surface area contributed by atoms with Crippen LogP contribution in [0.15, 0.2) is 53.1 Å². The number of nitrogens with one attached hydrogen (secondary N) is 1. The second kappa shape index (κ2) is 4.76. The number of halogens is 1. The molecule has 0 spiro atoms. The molecule has 0 aliphatic carbocycles. The van der Waals surface area contributed by atoms with Gasteiger partial charge < -0.3 is 9.73 Å². The van der Waals surface area contributed by atoms with E-state index >= 15 is 0 Å². The molecule has 0 amide bonds. The van der Waals surface area contributed by atoms with Gasteiger partial charge in [0.2, 0.25) is 0 Å². The van der Waals surface area contributed by atoms with Crippen LogP contribution in [-0.2, 0) is 6.54 Å². The van der Waals surface area contributed by atoms with Crippen LogP contribution in [0, 0.1) is 12.7 Å². The van der Waals surface area contributed by atoms with Crippen LogP contribution in [-0.4, -0.2) is 0 Å². The first-order valence-corrected chi connectivity index (χ1v) is 6.19. The Morgan fingerprint density at radius 1 is 1.16 bits per heavy atom. The highest BCUT2D eigenvalue weighted by Gasteiger charge is 2.06. The normalized spacial score (nSPS) is 10.8. The summed E-state index contributed by atoms with van der Waals surface area (Å²) in [6.07, 6.45) is 1.71. The molecule has 19 heavy (non-hydrogen) atoms. The molecule has 0 saturated heterocycles. The summed E-state index contributed by atoms with van der Waals surface area (Å²) in [5.41, 5.74) is 3.30. The molecule has 2 nitrogen and oxygen atoms in total. The second-order valence-electron chi connectivity index (χ2n) is 4.59. The molecule has 3 rings (SSSR count). The third kappa shape index (κ3) is 2.32. The van der Waals surface area contributed by atoms with E-state index < -0.39 is 0 Å². The van der Waals surface area contributed by atoms with Gasteiger partial charge in [0.1, 0.15) is 11.4 Å². The maximum atomic E-state index is 13.7. The van der Waals surface area contributed by atoms with Crippen LogP contribution < -0.4 is 5.32 Å². The maximum absolute atomic E-state index is 13.7. The van der Waals surface area contributed by atoms with Crippen molar-refractivity contribution < 1.29 is 8.81 Å². The SMILES string of the molecule is Cc1ccc(NCc2coc3ccccc23)c(F)c1. The summed E-state index contributed by atoms with van der Waals surface area (Å²) in [7, 11) is 0. The summed E-state index contributed by atoms with van der Waals surface area (Å²) in [6, 6.07) is 13.0. The third-order valence-corrected chi connectivity index (χ3v) is 3.16. The van der Waals surface area contributed by atoms with Gasteiger partial charge in [-0.25, -0.2) is 4.39 Å². The Balaban J connectivity index is 1.82. The second-order valence-corrected chi connectivity index (χ2v) is 4.59. The topological polar surface area (TPSA) is 25.2 Å². The number of para-hydroxylation sites is 1. The molecule has 1 heterocycles. The maximum Gasteiger partial charge on any atom is 0.146 e. The van der Waals surface area contributed by atoms with Crippen molar-refractivity contribution in [3.8, 4) is 0 Å². The van der Waals surface area contributed by atoms with Crippen LogP contribution in [0.2, 0.25) is 0 Å². The van der Waals surface area contributed by atoms with Crippen molar-refractivity contribution in [2.75, 3.05) is 5.32 Å². The van der Waals surface area contributed by atoms with Gasteiger partial charge >= 0.3 is 0 Å². The summed E-state index contributed by atoms with van der Waals surface area (Å²) in [4.78, 5) is 0. The van der Waals surface area contributed by atoms with Gasteiger partial charge in [-0.1, -0.05) is 24.3 Å². The number of anilines is 1. The van der Waals surface area contributed by atoms with Crippen LogP contribution in [0.5, 0.6) is 0 Å². The van der Waals surface area contributed by atoms with Gasteiger partial charge in [0, 0.05) is 17.5 Å². The first-order valence-electron chi connectivity index (χ1n) is 6.19. The van der Waals surface area contributed by atoms with Gasteiger partial charge in [0.25, 0.3) is 0 Å². The number of hydrogen-bond donors (Lipinski definition) is 1. The van der Waals surface area contributed by atoms with Gasteiger partial charge in [0.15, 0.2) is 0 Å². The zero-order valence-electron chi connectivity index (χ0n) is 10.6. The quantitative estimate of drug-likeness (QED) is 0.745. The molecule has 0 radical (unpaired) electrons. The lowest BCUT2D eigenvalue weighted by Crippen LogP contribution is -2.00. The molecule has 0 aliphatic heterocycles.